The first-order valence-electron chi connectivity index (χ1n) is 4.21. The molecule has 1 rings (SSSR count). The lowest BCUT2D eigenvalue weighted by molar-refractivity contribution is 0.360. The smallest absolute Gasteiger partial charge is 0.141 e. The number of halogens is 4. The third-order valence-electron chi connectivity index (χ3n) is 1.66. The van der Waals surface area contributed by atoms with Crippen LogP contribution in [0.1, 0.15) is 0 Å². The van der Waals surface area contributed by atoms with E-state index in [-0.39, 0.29) is 11.1 Å². The van der Waals surface area contributed by atoms with E-state index in [1.807, 2.05) is 0 Å². The van der Waals surface area contributed by atoms with Crippen LogP contribution in [-0.2, 0) is 0 Å². The molecule has 16 heavy (non-hydrogen) atoms. The number of thioether (sulfide) groups is 1. The fourth-order valence-electron chi connectivity index (χ4n) is 1.02. The molecule has 0 bridgehead atoms. The summed E-state index contributed by atoms with van der Waals surface area (Å²) in [5.74, 6) is -0.0675. The summed E-state index contributed by atoms with van der Waals surface area (Å²) in [7, 11) is 0. The van der Waals surface area contributed by atoms with Gasteiger partial charge in [0.2, 0.25) is 0 Å². The number of hydrogen-bond acceptors (Lipinski definition) is 2. The molecule has 0 aromatic heterocycles. The molecule has 0 N–H and O–H groups in total. The Balaban J connectivity index is 2.80. The van der Waals surface area contributed by atoms with Crippen LogP contribution in [0.2, 0.25) is 5.02 Å². The van der Waals surface area contributed by atoms with Crippen LogP contribution in [0.15, 0.2) is 27.6 Å². The molecule has 0 saturated heterocycles. The number of benzene rings is 1. The molecule has 6 heteroatoms. The highest BCUT2D eigenvalue weighted by Gasteiger charge is 2.09. The maximum atomic E-state index is 13.4. The number of rotatable bonds is 4. The molecule has 0 radical (unpaired) electrons. The molecule has 0 heterocycles. The van der Waals surface area contributed by atoms with Gasteiger partial charge in [0.25, 0.3) is 0 Å². The van der Waals surface area contributed by atoms with Crippen molar-refractivity contribution in [1.29, 1.82) is 0 Å². The normalized spacial score (nSPS) is 10.1. The average Bonchev–Trinajstić information content (AvgIpc) is 2.16. The Morgan fingerprint density at radius 1 is 1.50 bits per heavy atom. The van der Waals surface area contributed by atoms with E-state index in [2.05, 4.69) is 0 Å². The summed E-state index contributed by atoms with van der Waals surface area (Å²) < 4.78 is 18.7. The SMILES string of the molecule is CSc1c(F)cc(OCC=C(Cl)Cl)cc1Cl. The standard InChI is InChI=1S/C10H8Cl3FOS/c1-16-10-7(11)4-6(5-8(10)14)15-3-2-9(12)13/h2,4-5H,3H2,1H3. The lowest BCUT2D eigenvalue weighted by Gasteiger charge is -2.07. The Morgan fingerprint density at radius 2 is 2.19 bits per heavy atom. The molecule has 0 saturated carbocycles. The van der Waals surface area contributed by atoms with Gasteiger partial charge >= 0.3 is 0 Å². The van der Waals surface area contributed by atoms with E-state index in [4.69, 9.17) is 39.5 Å². The summed E-state index contributed by atoms with van der Waals surface area (Å²) in [6.45, 7) is 0.163. The van der Waals surface area contributed by atoms with Gasteiger partial charge < -0.3 is 4.74 Å². The maximum absolute atomic E-state index is 13.4. The van der Waals surface area contributed by atoms with Gasteiger partial charge in [-0.1, -0.05) is 34.8 Å². The van der Waals surface area contributed by atoms with Crippen LogP contribution in [0.25, 0.3) is 0 Å². The van der Waals surface area contributed by atoms with Crippen LogP contribution in [0, 0.1) is 5.82 Å². The van der Waals surface area contributed by atoms with E-state index in [1.54, 1.807) is 12.3 Å². The zero-order chi connectivity index (χ0) is 12.1. The van der Waals surface area contributed by atoms with Gasteiger partial charge in [-0.05, 0) is 12.3 Å². The van der Waals surface area contributed by atoms with Crippen molar-refractivity contribution in [3.63, 3.8) is 0 Å². The summed E-state index contributed by atoms with van der Waals surface area (Å²) in [6, 6.07) is 2.82. The van der Waals surface area contributed by atoms with Crippen molar-refractivity contribution in [2.45, 2.75) is 4.90 Å². The molecule has 0 aliphatic rings. The topological polar surface area (TPSA) is 9.23 Å². The summed E-state index contributed by atoms with van der Waals surface area (Å²) in [4.78, 5) is 0.403. The van der Waals surface area contributed by atoms with E-state index in [0.717, 1.165) is 0 Å². The molecular weight excluding hydrogens is 294 g/mol. The van der Waals surface area contributed by atoms with Gasteiger partial charge in [-0.3, -0.25) is 0 Å². The molecule has 0 unspecified atom stereocenters. The number of hydrogen-bond donors (Lipinski definition) is 0. The Hall–Kier alpha value is -0.0900. The molecule has 1 aromatic carbocycles. The lowest BCUT2D eigenvalue weighted by atomic mass is 10.3. The molecule has 1 aromatic rings. The molecule has 1 nitrogen and oxygen atoms in total. The minimum atomic E-state index is -0.407. The van der Waals surface area contributed by atoms with Crippen molar-refractivity contribution >= 4 is 46.6 Å². The highest BCUT2D eigenvalue weighted by atomic mass is 35.5. The maximum Gasteiger partial charge on any atom is 0.141 e. The van der Waals surface area contributed by atoms with E-state index in [1.165, 1.54) is 23.9 Å². The van der Waals surface area contributed by atoms with Crippen LogP contribution in [0.4, 0.5) is 4.39 Å². The van der Waals surface area contributed by atoms with E-state index in [9.17, 15) is 4.39 Å². The van der Waals surface area contributed by atoms with Crippen molar-refractivity contribution in [2.75, 3.05) is 12.9 Å². The van der Waals surface area contributed by atoms with Crippen LogP contribution in [0.3, 0.4) is 0 Å². The summed E-state index contributed by atoms with van der Waals surface area (Å²) in [5.41, 5.74) is 0. The molecule has 0 amide bonds. The molecule has 0 aliphatic heterocycles. The van der Waals surface area contributed by atoms with Crippen molar-refractivity contribution < 1.29 is 9.13 Å². The number of ether oxygens (including phenoxy) is 1. The molecule has 0 spiro atoms. The van der Waals surface area contributed by atoms with Crippen molar-refractivity contribution in [2.24, 2.45) is 0 Å². The second-order valence-electron chi connectivity index (χ2n) is 2.72. The Morgan fingerprint density at radius 3 is 2.69 bits per heavy atom. The van der Waals surface area contributed by atoms with Gasteiger partial charge in [0.15, 0.2) is 0 Å². The van der Waals surface area contributed by atoms with Crippen molar-refractivity contribution in [3.8, 4) is 5.75 Å². The summed E-state index contributed by atoms with van der Waals surface area (Å²) in [5, 5.41) is 0.323. The van der Waals surface area contributed by atoms with Gasteiger partial charge in [0.1, 0.15) is 22.7 Å². The fraction of sp³-hybridized carbons (Fsp3) is 0.200. The van der Waals surface area contributed by atoms with Crippen molar-refractivity contribution in [3.05, 3.63) is 33.5 Å². The van der Waals surface area contributed by atoms with Crippen LogP contribution in [0.5, 0.6) is 5.75 Å². The van der Waals surface area contributed by atoms with Gasteiger partial charge in [0.05, 0.1) is 9.92 Å². The van der Waals surface area contributed by atoms with Crippen LogP contribution < -0.4 is 4.74 Å². The quantitative estimate of drug-likeness (QED) is 0.732. The Bertz CT molecular complexity index is 382. The first-order valence-corrected chi connectivity index (χ1v) is 6.57. The zero-order valence-electron chi connectivity index (χ0n) is 8.27. The lowest BCUT2D eigenvalue weighted by Crippen LogP contribution is -1.95. The van der Waals surface area contributed by atoms with Gasteiger partial charge in [-0.2, -0.15) is 0 Å². The fourth-order valence-corrected chi connectivity index (χ4v) is 2.08. The minimum absolute atomic E-state index is 0.104. The second kappa shape index (κ2) is 6.60. The second-order valence-corrected chi connectivity index (χ2v) is 4.96. The first kappa shape index (κ1) is 14.0. The molecule has 0 fully saturated rings. The van der Waals surface area contributed by atoms with Gasteiger partial charge in [-0.25, -0.2) is 4.39 Å². The van der Waals surface area contributed by atoms with Gasteiger partial charge in [-0.15, -0.1) is 11.8 Å². The summed E-state index contributed by atoms with van der Waals surface area (Å²) >= 11 is 17.9. The van der Waals surface area contributed by atoms with E-state index < -0.39 is 5.82 Å². The Labute approximate surface area is 113 Å². The third-order valence-corrected chi connectivity index (χ3v) is 3.21. The van der Waals surface area contributed by atoms with E-state index >= 15 is 0 Å². The summed E-state index contributed by atoms with van der Waals surface area (Å²) in [6.07, 6.45) is 3.21. The minimum Gasteiger partial charge on any atom is -0.489 e. The Kier molecular flexibility index (Phi) is 5.76. The monoisotopic (exact) mass is 300 g/mol. The first-order chi connectivity index (χ1) is 7.54. The molecule has 0 aliphatic carbocycles. The predicted octanol–water partition coefficient (Wildman–Crippen LogP) is 4.90. The van der Waals surface area contributed by atoms with Crippen molar-refractivity contribution in [1.82, 2.24) is 0 Å². The van der Waals surface area contributed by atoms with E-state index in [0.29, 0.717) is 15.7 Å². The highest BCUT2D eigenvalue weighted by molar-refractivity contribution is 7.98. The zero-order valence-corrected chi connectivity index (χ0v) is 11.4. The highest BCUT2D eigenvalue weighted by Crippen LogP contribution is 2.32. The largest absolute Gasteiger partial charge is 0.489 e. The molecule has 88 valence electrons. The third kappa shape index (κ3) is 4.06. The predicted molar refractivity (Wildman–Crippen MR) is 68.5 cm³/mol. The average molecular weight is 302 g/mol. The molecular formula is C10H8Cl3FOS. The van der Waals surface area contributed by atoms with Crippen LogP contribution >= 0.6 is 46.6 Å². The van der Waals surface area contributed by atoms with Gasteiger partial charge in [0, 0.05) is 12.1 Å². The van der Waals surface area contributed by atoms with Crippen LogP contribution in [-0.4, -0.2) is 12.9 Å². The molecule has 0 atom stereocenters.